The molecule has 0 amide bonds. The van der Waals surface area contributed by atoms with Crippen molar-refractivity contribution in [2.75, 3.05) is 13.2 Å². The van der Waals surface area contributed by atoms with Gasteiger partial charge in [-0.15, -0.1) is 12.4 Å². The molecule has 1 fully saturated rings. The largest absolute Gasteiger partial charge is 0.491 e. The number of hydrogen-bond donors (Lipinski definition) is 1. The van der Waals surface area contributed by atoms with E-state index in [1.54, 1.807) is 12.1 Å². The summed E-state index contributed by atoms with van der Waals surface area (Å²) in [5.41, 5.74) is 1.86. The Kier molecular flexibility index (Phi) is 6.31. The topological polar surface area (TPSA) is 56.5 Å². The molecular formula is C20H22ClFN2O3. The van der Waals surface area contributed by atoms with Gasteiger partial charge in [0.25, 0.3) is 0 Å². The molecule has 0 radical (unpaired) electrons. The number of aromatic nitrogens is 2. The summed E-state index contributed by atoms with van der Waals surface area (Å²) in [6.45, 7) is 1.21. The van der Waals surface area contributed by atoms with Gasteiger partial charge in [0.15, 0.2) is 0 Å². The van der Waals surface area contributed by atoms with Gasteiger partial charge in [0.05, 0.1) is 17.6 Å². The fraction of sp³-hybridized carbons (Fsp3) is 0.350. The second-order valence-corrected chi connectivity index (χ2v) is 6.49. The standard InChI is InChI=1S/C20H21FN2O3.ClH/c21-14-7-9-16(10-8-14)26-13-15(24)12-23-18-5-2-1-4-17(18)22-20(23)19-6-3-11-25-19;/h1-2,4-5,7-10,15,19,24H,3,6,11-13H2;1H. The van der Waals surface area contributed by atoms with E-state index in [0.29, 0.717) is 12.3 Å². The molecule has 27 heavy (non-hydrogen) atoms. The lowest BCUT2D eigenvalue weighted by Gasteiger charge is -2.17. The minimum atomic E-state index is -0.724. The molecule has 4 rings (SSSR count). The average Bonchev–Trinajstić information content (AvgIpc) is 3.30. The SMILES string of the molecule is Cl.OC(COc1ccc(F)cc1)Cn1c(C2CCCO2)nc2ccccc21. The van der Waals surface area contributed by atoms with E-state index in [1.807, 2.05) is 28.8 Å². The number of halogens is 2. The summed E-state index contributed by atoms with van der Waals surface area (Å²) in [6.07, 6.45) is 1.20. The Morgan fingerprint density at radius 1 is 1.22 bits per heavy atom. The van der Waals surface area contributed by atoms with E-state index < -0.39 is 6.10 Å². The van der Waals surface area contributed by atoms with Crippen LogP contribution in [-0.2, 0) is 11.3 Å². The molecule has 0 saturated carbocycles. The summed E-state index contributed by atoms with van der Waals surface area (Å²) >= 11 is 0. The van der Waals surface area contributed by atoms with Crippen LogP contribution in [0.4, 0.5) is 4.39 Å². The summed E-state index contributed by atoms with van der Waals surface area (Å²) in [5.74, 6) is 1.06. The van der Waals surface area contributed by atoms with Crippen LogP contribution >= 0.6 is 12.4 Å². The van der Waals surface area contributed by atoms with Gasteiger partial charge in [-0.25, -0.2) is 9.37 Å². The number of aliphatic hydroxyl groups excluding tert-OH is 1. The number of benzene rings is 2. The predicted molar refractivity (Wildman–Crippen MR) is 103 cm³/mol. The van der Waals surface area contributed by atoms with Crippen molar-refractivity contribution in [2.45, 2.75) is 31.6 Å². The monoisotopic (exact) mass is 392 g/mol. The molecule has 0 bridgehead atoms. The van der Waals surface area contributed by atoms with Crippen molar-refractivity contribution < 1.29 is 19.0 Å². The van der Waals surface area contributed by atoms with Crippen LogP contribution in [0, 0.1) is 5.82 Å². The van der Waals surface area contributed by atoms with E-state index in [0.717, 1.165) is 36.3 Å². The van der Waals surface area contributed by atoms with E-state index >= 15 is 0 Å². The van der Waals surface area contributed by atoms with Gasteiger partial charge in [-0.2, -0.15) is 0 Å². The summed E-state index contributed by atoms with van der Waals surface area (Å²) in [4.78, 5) is 4.72. The minimum absolute atomic E-state index is 0. The zero-order valence-electron chi connectivity index (χ0n) is 14.8. The Hall–Kier alpha value is -2.15. The highest BCUT2D eigenvalue weighted by Crippen LogP contribution is 2.30. The van der Waals surface area contributed by atoms with E-state index in [-0.39, 0.29) is 30.9 Å². The first kappa shape index (κ1) is 19.6. The third-order valence-electron chi connectivity index (χ3n) is 4.55. The molecule has 2 atom stereocenters. The van der Waals surface area contributed by atoms with Crippen molar-refractivity contribution in [1.29, 1.82) is 0 Å². The van der Waals surface area contributed by atoms with Crippen molar-refractivity contribution in [3.05, 3.63) is 60.2 Å². The van der Waals surface area contributed by atoms with E-state index in [4.69, 9.17) is 14.5 Å². The Bertz CT molecular complexity index is 879. The lowest BCUT2D eigenvalue weighted by Crippen LogP contribution is -2.25. The number of aliphatic hydroxyl groups is 1. The third kappa shape index (κ3) is 4.40. The molecule has 2 aromatic carbocycles. The number of para-hydroxylation sites is 2. The maximum Gasteiger partial charge on any atom is 0.139 e. The molecule has 7 heteroatoms. The van der Waals surface area contributed by atoms with Crippen molar-refractivity contribution in [1.82, 2.24) is 9.55 Å². The summed E-state index contributed by atoms with van der Waals surface area (Å²) < 4.78 is 26.3. The maximum atomic E-state index is 13.0. The van der Waals surface area contributed by atoms with Crippen LogP contribution in [0.25, 0.3) is 11.0 Å². The summed E-state index contributed by atoms with van der Waals surface area (Å²) in [7, 11) is 0. The highest BCUT2D eigenvalue weighted by molar-refractivity contribution is 5.85. The number of nitrogens with zero attached hydrogens (tertiary/aromatic N) is 2. The number of fused-ring (bicyclic) bond motifs is 1. The number of imidazole rings is 1. The van der Waals surface area contributed by atoms with Crippen molar-refractivity contribution in [3.63, 3.8) is 0 Å². The summed E-state index contributed by atoms with van der Waals surface area (Å²) in [5, 5.41) is 10.5. The second kappa shape index (κ2) is 8.69. The van der Waals surface area contributed by atoms with Crippen LogP contribution in [0.1, 0.15) is 24.8 Å². The fourth-order valence-electron chi connectivity index (χ4n) is 3.30. The molecule has 3 aromatic rings. The Labute approximate surface area is 163 Å². The maximum absolute atomic E-state index is 13.0. The smallest absolute Gasteiger partial charge is 0.139 e. The van der Waals surface area contributed by atoms with Gasteiger partial charge >= 0.3 is 0 Å². The first-order valence-corrected chi connectivity index (χ1v) is 8.84. The summed E-state index contributed by atoms with van der Waals surface area (Å²) in [6, 6.07) is 13.6. The van der Waals surface area contributed by atoms with Crippen LogP contribution in [0.2, 0.25) is 0 Å². The zero-order valence-corrected chi connectivity index (χ0v) is 15.6. The third-order valence-corrected chi connectivity index (χ3v) is 4.55. The molecule has 5 nitrogen and oxygen atoms in total. The molecule has 1 aromatic heterocycles. The van der Waals surface area contributed by atoms with Gasteiger partial charge in [-0.1, -0.05) is 12.1 Å². The van der Waals surface area contributed by atoms with Crippen molar-refractivity contribution in [2.24, 2.45) is 0 Å². The Balaban J connectivity index is 0.00000210. The van der Waals surface area contributed by atoms with Crippen molar-refractivity contribution in [3.8, 4) is 5.75 Å². The van der Waals surface area contributed by atoms with Gasteiger partial charge in [-0.05, 0) is 49.2 Å². The lowest BCUT2D eigenvalue weighted by molar-refractivity contribution is 0.0805. The lowest BCUT2D eigenvalue weighted by atomic mass is 10.2. The molecule has 144 valence electrons. The molecule has 1 saturated heterocycles. The second-order valence-electron chi connectivity index (χ2n) is 6.49. The quantitative estimate of drug-likeness (QED) is 0.691. The highest BCUT2D eigenvalue weighted by Gasteiger charge is 2.25. The van der Waals surface area contributed by atoms with E-state index in [9.17, 15) is 9.50 Å². The molecule has 2 unspecified atom stereocenters. The molecule has 0 spiro atoms. The van der Waals surface area contributed by atoms with Crippen LogP contribution in [-0.4, -0.2) is 34.0 Å². The first-order valence-electron chi connectivity index (χ1n) is 8.84. The average molecular weight is 393 g/mol. The predicted octanol–water partition coefficient (Wildman–Crippen LogP) is 3.89. The van der Waals surface area contributed by atoms with Gasteiger partial charge in [0, 0.05) is 6.61 Å². The molecule has 0 aliphatic carbocycles. The first-order chi connectivity index (χ1) is 12.7. The van der Waals surface area contributed by atoms with Crippen LogP contribution < -0.4 is 4.74 Å². The molecule has 1 N–H and O–H groups in total. The Morgan fingerprint density at radius 3 is 2.74 bits per heavy atom. The van der Waals surface area contributed by atoms with E-state index in [2.05, 4.69) is 0 Å². The van der Waals surface area contributed by atoms with Crippen LogP contribution in [0.5, 0.6) is 5.75 Å². The minimum Gasteiger partial charge on any atom is -0.491 e. The number of ether oxygens (including phenoxy) is 2. The van der Waals surface area contributed by atoms with Crippen LogP contribution in [0.3, 0.4) is 0 Å². The zero-order chi connectivity index (χ0) is 17.9. The molecule has 2 heterocycles. The number of hydrogen-bond acceptors (Lipinski definition) is 4. The van der Waals surface area contributed by atoms with Crippen LogP contribution in [0.15, 0.2) is 48.5 Å². The van der Waals surface area contributed by atoms with Gasteiger partial charge in [0.1, 0.15) is 36.2 Å². The molecular weight excluding hydrogens is 371 g/mol. The normalized spacial score (nSPS) is 17.6. The van der Waals surface area contributed by atoms with Gasteiger partial charge < -0.3 is 19.1 Å². The Morgan fingerprint density at radius 2 is 2.00 bits per heavy atom. The fourth-order valence-corrected chi connectivity index (χ4v) is 3.30. The molecule has 1 aliphatic heterocycles. The number of rotatable bonds is 6. The molecule has 1 aliphatic rings. The van der Waals surface area contributed by atoms with Gasteiger partial charge in [0.2, 0.25) is 0 Å². The van der Waals surface area contributed by atoms with Gasteiger partial charge in [-0.3, -0.25) is 0 Å². The van der Waals surface area contributed by atoms with Crippen molar-refractivity contribution >= 4 is 23.4 Å². The highest BCUT2D eigenvalue weighted by atomic mass is 35.5. The van der Waals surface area contributed by atoms with E-state index in [1.165, 1.54) is 12.1 Å².